The van der Waals surface area contributed by atoms with Crippen molar-refractivity contribution in [3.05, 3.63) is 23.9 Å². The van der Waals surface area contributed by atoms with Gasteiger partial charge in [0.15, 0.2) is 0 Å². The summed E-state index contributed by atoms with van der Waals surface area (Å²) < 4.78 is 0. The largest absolute Gasteiger partial charge is 0.355 e. The first-order chi connectivity index (χ1) is 11.7. The molecule has 1 N–H and O–H groups in total. The van der Waals surface area contributed by atoms with E-state index in [1.807, 2.05) is 11.0 Å². The lowest BCUT2D eigenvalue weighted by Crippen LogP contribution is -2.36. The highest BCUT2D eigenvalue weighted by molar-refractivity contribution is 5.94. The molecule has 1 aromatic heterocycles. The fourth-order valence-corrected chi connectivity index (χ4v) is 2.90. The molecular formula is C18H22N4O2. The standard InChI is InChI=1S/C18H22N4O2/c1-2-8-19-17(23)15-6-7-16(20-13-15)21-9-3-10-22(12-11-21)18(24)14-4-5-14/h1,6-7,13-14H,3-5,8-12H2,(H,19,23). The highest BCUT2D eigenvalue weighted by Crippen LogP contribution is 2.31. The predicted octanol–water partition coefficient (Wildman–Crippen LogP) is 0.893. The number of terminal acetylenes is 1. The second kappa shape index (κ2) is 7.35. The van der Waals surface area contributed by atoms with E-state index < -0.39 is 0 Å². The van der Waals surface area contributed by atoms with Gasteiger partial charge in [0, 0.05) is 38.3 Å². The minimum absolute atomic E-state index is 0.206. The van der Waals surface area contributed by atoms with Gasteiger partial charge in [0.2, 0.25) is 5.91 Å². The van der Waals surface area contributed by atoms with Gasteiger partial charge < -0.3 is 15.1 Å². The van der Waals surface area contributed by atoms with Crippen molar-refractivity contribution in [3.63, 3.8) is 0 Å². The van der Waals surface area contributed by atoms with Gasteiger partial charge >= 0.3 is 0 Å². The number of hydrogen-bond acceptors (Lipinski definition) is 4. The number of nitrogens with zero attached hydrogens (tertiary/aromatic N) is 3. The van der Waals surface area contributed by atoms with Crippen molar-refractivity contribution in [2.75, 3.05) is 37.6 Å². The maximum Gasteiger partial charge on any atom is 0.253 e. The second-order valence-electron chi connectivity index (χ2n) is 6.23. The zero-order chi connectivity index (χ0) is 16.9. The predicted molar refractivity (Wildman–Crippen MR) is 91.5 cm³/mol. The number of anilines is 1. The monoisotopic (exact) mass is 326 g/mol. The van der Waals surface area contributed by atoms with Gasteiger partial charge in [-0.1, -0.05) is 5.92 Å². The summed E-state index contributed by atoms with van der Waals surface area (Å²) in [6, 6.07) is 3.61. The van der Waals surface area contributed by atoms with Gasteiger partial charge in [-0.15, -0.1) is 6.42 Å². The number of hydrogen-bond donors (Lipinski definition) is 1. The summed E-state index contributed by atoms with van der Waals surface area (Å²) in [7, 11) is 0. The molecule has 0 radical (unpaired) electrons. The molecule has 0 unspecified atom stereocenters. The fraction of sp³-hybridized carbons (Fsp3) is 0.500. The Kier molecular flexibility index (Phi) is 4.99. The lowest BCUT2D eigenvalue weighted by Gasteiger charge is -2.23. The molecule has 0 spiro atoms. The van der Waals surface area contributed by atoms with E-state index in [0.717, 1.165) is 51.3 Å². The van der Waals surface area contributed by atoms with Crippen LogP contribution in [0.25, 0.3) is 0 Å². The number of aromatic nitrogens is 1. The molecule has 2 fully saturated rings. The normalized spacial score (nSPS) is 17.8. The van der Waals surface area contributed by atoms with E-state index in [9.17, 15) is 9.59 Å². The van der Waals surface area contributed by atoms with Crippen molar-refractivity contribution in [2.24, 2.45) is 5.92 Å². The van der Waals surface area contributed by atoms with E-state index in [2.05, 4.69) is 21.1 Å². The zero-order valence-corrected chi connectivity index (χ0v) is 13.7. The first kappa shape index (κ1) is 16.3. The summed E-state index contributed by atoms with van der Waals surface area (Å²) in [6.45, 7) is 3.40. The highest BCUT2D eigenvalue weighted by Gasteiger charge is 2.33. The van der Waals surface area contributed by atoms with Crippen molar-refractivity contribution in [1.82, 2.24) is 15.2 Å². The summed E-state index contributed by atoms with van der Waals surface area (Å²) >= 11 is 0. The third-order valence-corrected chi connectivity index (χ3v) is 4.42. The molecule has 1 saturated heterocycles. The third kappa shape index (κ3) is 3.85. The van der Waals surface area contributed by atoms with Crippen LogP contribution in [0, 0.1) is 18.3 Å². The summed E-state index contributed by atoms with van der Waals surface area (Å²) in [5.74, 6) is 3.57. The molecule has 126 valence electrons. The maximum atomic E-state index is 12.2. The Hall–Kier alpha value is -2.55. The van der Waals surface area contributed by atoms with Crippen LogP contribution in [-0.2, 0) is 4.79 Å². The van der Waals surface area contributed by atoms with Gasteiger partial charge in [0.05, 0.1) is 12.1 Å². The lowest BCUT2D eigenvalue weighted by molar-refractivity contribution is -0.132. The van der Waals surface area contributed by atoms with Gasteiger partial charge in [0.25, 0.3) is 5.91 Å². The van der Waals surface area contributed by atoms with Crippen LogP contribution in [0.4, 0.5) is 5.82 Å². The minimum atomic E-state index is -0.218. The molecule has 0 bridgehead atoms. The van der Waals surface area contributed by atoms with Crippen LogP contribution < -0.4 is 10.2 Å². The number of carbonyl (C=O) groups is 2. The quantitative estimate of drug-likeness (QED) is 0.835. The first-order valence-corrected chi connectivity index (χ1v) is 8.40. The van der Waals surface area contributed by atoms with Crippen LogP contribution in [0.5, 0.6) is 0 Å². The van der Waals surface area contributed by atoms with Crippen molar-refractivity contribution in [2.45, 2.75) is 19.3 Å². The molecule has 0 atom stereocenters. The van der Waals surface area contributed by atoms with E-state index in [-0.39, 0.29) is 18.4 Å². The fourth-order valence-electron chi connectivity index (χ4n) is 2.90. The summed E-state index contributed by atoms with van der Waals surface area (Å²) in [4.78, 5) is 32.6. The van der Waals surface area contributed by atoms with Crippen molar-refractivity contribution < 1.29 is 9.59 Å². The molecule has 1 aromatic rings. The highest BCUT2D eigenvalue weighted by atomic mass is 16.2. The number of rotatable bonds is 4. The summed E-state index contributed by atoms with van der Waals surface area (Å²) in [5, 5.41) is 2.62. The Morgan fingerprint density at radius 3 is 2.75 bits per heavy atom. The number of nitrogens with one attached hydrogen (secondary N) is 1. The molecule has 3 rings (SSSR count). The van der Waals surface area contributed by atoms with Crippen molar-refractivity contribution >= 4 is 17.6 Å². The molecule has 2 aliphatic rings. The van der Waals surface area contributed by atoms with Gasteiger partial charge in [-0.2, -0.15) is 0 Å². The summed E-state index contributed by atoms with van der Waals surface area (Å²) in [6.07, 6.45) is 9.73. The minimum Gasteiger partial charge on any atom is -0.355 e. The average Bonchev–Trinajstić information content (AvgIpc) is 3.45. The van der Waals surface area contributed by atoms with E-state index in [0.29, 0.717) is 11.5 Å². The van der Waals surface area contributed by atoms with Crippen LogP contribution >= 0.6 is 0 Å². The smallest absolute Gasteiger partial charge is 0.253 e. The maximum absolute atomic E-state index is 12.2. The van der Waals surface area contributed by atoms with Crippen LogP contribution in [0.3, 0.4) is 0 Å². The molecule has 1 aliphatic heterocycles. The van der Waals surface area contributed by atoms with E-state index in [4.69, 9.17) is 6.42 Å². The number of pyridine rings is 1. The van der Waals surface area contributed by atoms with Gasteiger partial charge in [0.1, 0.15) is 5.82 Å². The SMILES string of the molecule is C#CCNC(=O)c1ccc(N2CCCN(C(=O)C3CC3)CC2)nc1. The molecule has 1 aliphatic carbocycles. The molecular weight excluding hydrogens is 304 g/mol. The number of amides is 2. The molecule has 6 nitrogen and oxygen atoms in total. The Morgan fingerprint density at radius 1 is 1.25 bits per heavy atom. The Morgan fingerprint density at radius 2 is 2.08 bits per heavy atom. The van der Waals surface area contributed by atoms with Crippen molar-refractivity contribution in [1.29, 1.82) is 0 Å². The van der Waals surface area contributed by atoms with Gasteiger partial charge in [-0.25, -0.2) is 4.98 Å². The molecule has 24 heavy (non-hydrogen) atoms. The number of carbonyl (C=O) groups excluding carboxylic acids is 2. The van der Waals surface area contributed by atoms with Crippen LogP contribution in [-0.4, -0.2) is 54.4 Å². The van der Waals surface area contributed by atoms with Gasteiger partial charge in [-0.05, 0) is 31.4 Å². The van der Waals surface area contributed by atoms with Crippen LogP contribution in [0.2, 0.25) is 0 Å². The molecule has 6 heteroatoms. The third-order valence-electron chi connectivity index (χ3n) is 4.42. The Labute approximate surface area is 142 Å². The average molecular weight is 326 g/mol. The topological polar surface area (TPSA) is 65.5 Å². The van der Waals surface area contributed by atoms with Crippen molar-refractivity contribution in [3.8, 4) is 12.3 Å². The Bertz CT molecular complexity index is 646. The Balaban J connectivity index is 1.59. The van der Waals surface area contributed by atoms with E-state index in [1.165, 1.54) is 0 Å². The molecule has 2 amide bonds. The van der Waals surface area contributed by atoms with Crippen LogP contribution in [0.1, 0.15) is 29.6 Å². The van der Waals surface area contributed by atoms with Gasteiger partial charge in [-0.3, -0.25) is 9.59 Å². The first-order valence-electron chi connectivity index (χ1n) is 8.40. The van der Waals surface area contributed by atoms with E-state index in [1.54, 1.807) is 12.3 Å². The molecule has 1 saturated carbocycles. The van der Waals surface area contributed by atoms with E-state index >= 15 is 0 Å². The van der Waals surface area contributed by atoms with Crippen LogP contribution in [0.15, 0.2) is 18.3 Å². The second-order valence-corrected chi connectivity index (χ2v) is 6.23. The summed E-state index contributed by atoms with van der Waals surface area (Å²) in [5.41, 5.74) is 0.495. The zero-order valence-electron chi connectivity index (χ0n) is 13.7. The lowest BCUT2D eigenvalue weighted by atomic mass is 10.2. The molecule has 0 aromatic carbocycles. The molecule has 2 heterocycles.